The zero-order valence-electron chi connectivity index (χ0n) is 8.59. The van der Waals surface area contributed by atoms with Crippen molar-refractivity contribution in [2.24, 2.45) is 4.99 Å². The van der Waals surface area contributed by atoms with Gasteiger partial charge in [-0.3, -0.25) is 4.99 Å². The maximum absolute atomic E-state index is 4.76. The van der Waals surface area contributed by atoms with Gasteiger partial charge in [-0.1, -0.05) is 31.5 Å². The van der Waals surface area contributed by atoms with Gasteiger partial charge in [0.25, 0.3) is 0 Å². The van der Waals surface area contributed by atoms with Crippen LogP contribution in [0.1, 0.15) is 38.2 Å². The second-order valence-corrected chi connectivity index (χ2v) is 4.61. The molecule has 0 amide bonds. The molecule has 0 saturated heterocycles. The molecular formula is C13H15N. The summed E-state index contributed by atoms with van der Waals surface area (Å²) in [6.07, 6.45) is 5.15. The van der Waals surface area contributed by atoms with Crippen LogP contribution in [0.5, 0.6) is 0 Å². The quantitative estimate of drug-likeness (QED) is 0.585. The fourth-order valence-electron chi connectivity index (χ4n) is 2.84. The Morgan fingerprint density at radius 3 is 3.00 bits per heavy atom. The topological polar surface area (TPSA) is 12.4 Å². The fraction of sp³-hybridized carbons (Fsp3) is 0.462. The second-order valence-electron chi connectivity index (χ2n) is 4.61. The number of nitrogens with zero attached hydrogens (tertiary/aromatic N) is 1. The zero-order valence-corrected chi connectivity index (χ0v) is 8.59. The van der Waals surface area contributed by atoms with Crippen molar-refractivity contribution in [2.75, 3.05) is 0 Å². The zero-order chi connectivity index (χ0) is 9.60. The standard InChI is InChI=1S/C13H15N/c1-13-9-5-4-8-12(13)14-11-7-3-2-6-10(11)13/h2-3,6-7H,4-5,8-9H2,1H3/t13-/m0/s1. The number of aliphatic imine (C=N–C) groups is 1. The second kappa shape index (κ2) is 2.69. The molecule has 1 aliphatic heterocycles. The number of fused-ring (bicyclic) bond motifs is 3. The predicted molar refractivity (Wildman–Crippen MR) is 59.4 cm³/mol. The van der Waals surface area contributed by atoms with Crippen LogP contribution in [0.2, 0.25) is 0 Å². The molecule has 1 nitrogen and oxygen atoms in total. The van der Waals surface area contributed by atoms with Gasteiger partial charge in [0.2, 0.25) is 0 Å². The van der Waals surface area contributed by atoms with Crippen LogP contribution < -0.4 is 0 Å². The van der Waals surface area contributed by atoms with E-state index in [9.17, 15) is 0 Å². The van der Waals surface area contributed by atoms with Gasteiger partial charge in [0.05, 0.1) is 5.69 Å². The van der Waals surface area contributed by atoms with Crippen LogP contribution in [0.25, 0.3) is 0 Å². The molecule has 1 aromatic carbocycles. The molecule has 1 heterocycles. The average molecular weight is 185 g/mol. The number of benzene rings is 1. The average Bonchev–Trinajstić information content (AvgIpc) is 2.51. The van der Waals surface area contributed by atoms with Crippen LogP contribution >= 0.6 is 0 Å². The first-order valence-electron chi connectivity index (χ1n) is 5.48. The Kier molecular flexibility index (Phi) is 1.58. The van der Waals surface area contributed by atoms with Crippen molar-refractivity contribution in [3.8, 4) is 0 Å². The molecule has 0 radical (unpaired) electrons. The third-order valence-electron chi connectivity index (χ3n) is 3.73. The van der Waals surface area contributed by atoms with Crippen molar-refractivity contribution in [1.29, 1.82) is 0 Å². The van der Waals surface area contributed by atoms with E-state index in [1.54, 1.807) is 0 Å². The summed E-state index contributed by atoms with van der Waals surface area (Å²) in [7, 11) is 0. The van der Waals surface area contributed by atoms with Gasteiger partial charge in [-0.05, 0) is 30.9 Å². The molecule has 3 rings (SSSR count). The van der Waals surface area contributed by atoms with E-state index < -0.39 is 0 Å². The van der Waals surface area contributed by atoms with Gasteiger partial charge in [-0.25, -0.2) is 0 Å². The first-order valence-corrected chi connectivity index (χ1v) is 5.48. The summed E-state index contributed by atoms with van der Waals surface area (Å²) in [5, 5.41) is 0. The highest BCUT2D eigenvalue weighted by atomic mass is 14.8. The van der Waals surface area contributed by atoms with Crippen LogP contribution in [0, 0.1) is 0 Å². The Labute approximate surface area is 84.9 Å². The van der Waals surface area contributed by atoms with Gasteiger partial charge >= 0.3 is 0 Å². The molecular weight excluding hydrogens is 170 g/mol. The summed E-state index contributed by atoms with van der Waals surface area (Å²) in [5.41, 5.74) is 4.36. The molecule has 1 aromatic rings. The molecule has 0 unspecified atom stereocenters. The van der Waals surface area contributed by atoms with E-state index in [1.165, 1.54) is 42.6 Å². The van der Waals surface area contributed by atoms with Crippen LogP contribution in [0.4, 0.5) is 5.69 Å². The lowest BCUT2D eigenvalue weighted by molar-refractivity contribution is 0.498. The van der Waals surface area contributed by atoms with Gasteiger partial charge < -0.3 is 0 Å². The highest BCUT2D eigenvalue weighted by Gasteiger charge is 2.39. The summed E-state index contributed by atoms with van der Waals surface area (Å²) < 4.78 is 0. The van der Waals surface area contributed by atoms with Crippen molar-refractivity contribution >= 4 is 11.4 Å². The third kappa shape index (κ3) is 0.927. The molecule has 1 atom stereocenters. The van der Waals surface area contributed by atoms with Gasteiger partial charge in [-0.15, -0.1) is 0 Å². The molecule has 0 N–H and O–H groups in total. The molecule has 2 aliphatic rings. The minimum absolute atomic E-state index is 0.273. The largest absolute Gasteiger partial charge is 0.257 e. The summed E-state index contributed by atoms with van der Waals surface area (Å²) in [6, 6.07) is 8.61. The van der Waals surface area contributed by atoms with Crippen LogP contribution in [-0.4, -0.2) is 5.71 Å². The molecule has 0 bridgehead atoms. The number of rotatable bonds is 0. The highest BCUT2D eigenvalue weighted by molar-refractivity contribution is 6.01. The van der Waals surface area contributed by atoms with Crippen LogP contribution in [0.3, 0.4) is 0 Å². The SMILES string of the molecule is C[C@@]12CCCCC1=Nc1ccccc12. The molecule has 1 fully saturated rings. The first-order chi connectivity index (χ1) is 6.81. The molecule has 0 aromatic heterocycles. The van der Waals surface area contributed by atoms with Crippen molar-refractivity contribution in [2.45, 2.75) is 38.0 Å². The molecule has 72 valence electrons. The Morgan fingerprint density at radius 1 is 1.21 bits per heavy atom. The minimum atomic E-state index is 0.273. The molecule has 0 spiro atoms. The maximum atomic E-state index is 4.76. The minimum Gasteiger partial charge on any atom is -0.257 e. The van der Waals surface area contributed by atoms with E-state index in [2.05, 4.69) is 31.2 Å². The monoisotopic (exact) mass is 185 g/mol. The van der Waals surface area contributed by atoms with Crippen molar-refractivity contribution in [3.05, 3.63) is 29.8 Å². The fourth-order valence-corrected chi connectivity index (χ4v) is 2.84. The lowest BCUT2D eigenvalue weighted by Gasteiger charge is -2.31. The van der Waals surface area contributed by atoms with Crippen molar-refractivity contribution < 1.29 is 0 Å². The van der Waals surface area contributed by atoms with Gasteiger partial charge in [-0.2, -0.15) is 0 Å². The number of hydrogen-bond donors (Lipinski definition) is 0. The van der Waals surface area contributed by atoms with Crippen LogP contribution in [-0.2, 0) is 5.41 Å². The molecule has 14 heavy (non-hydrogen) atoms. The Hall–Kier alpha value is -1.11. The van der Waals surface area contributed by atoms with Gasteiger partial charge in [0.1, 0.15) is 0 Å². The van der Waals surface area contributed by atoms with E-state index >= 15 is 0 Å². The Balaban J connectivity index is 2.18. The van der Waals surface area contributed by atoms with Gasteiger partial charge in [0.15, 0.2) is 0 Å². The maximum Gasteiger partial charge on any atom is 0.0670 e. The normalized spacial score (nSPS) is 29.4. The highest BCUT2D eigenvalue weighted by Crippen LogP contribution is 2.46. The summed E-state index contributed by atoms with van der Waals surface area (Å²) in [5.74, 6) is 0. The van der Waals surface area contributed by atoms with E-state index in [0.717, 1.165) is 0 Å². The number of para-hydroxylation sites is 1. The Morgan fingerprint density at radius 2 is 2.07 bits per heavy atom. The summed E-state index contributed by atoms with van der Waals surface area (Å²) >= 11 is 0. The van der Waals surface area contributed by atoms with Gasteiger partial charge in [0, 0.05) is 11.1 Å². The molecule has 1 saturated carbocycles. The number of hydrogen-bond acceptors (Lipinski definition) is 1. The van der Waals surface area contributed by atoms with Crippen LogP contribution in [0.15, 0.2) is 29.3 Å². The van der Waals surface area contributed by atoms with Crippen molar-refractivity contribution in [3.63, 3.8) is 0 Å². The summed E-state index contributed by atoms with van der Waals surface area (Å²) in [6.45, 7) is 2.36. The van der Waals surface area contributed by atoms with Crippen molar-refractivity contribution in [1.82, 2.24) is 0 Å². The smallest absolute Gasteiger partial charge is 0.0670 e. The van der Waals surface area contributed by atoms with E-state index in [4.69, 9.17) is 4.99 Å². The third-order valence-corrected chi connectivity index (χ3v) is 3.73. The molecule has 1 aliphatic carbocycles. The molecule has 1 heteroatoms. The van der Waals surface area contributed by atoms with E-state index in [1.807, 2.05) is 0 Å². The van der Waals surface area contributed by atoms with E-state index in [-0.39, 0.29) is 5.41 Å². The lowest BCUT2D eigenvalue weighted by Crippen LogP contribution is -2.32. The predicted octanol–water partition coefficient (Wildman–Crippen LogP) is 3.60. The Bertz CT molecular complexity index is 405. The lowest BCUT2D eigenvalue weighted by atomic mass is 9.71. The van der Waals surface area contributed by atoms with E-state index in [0.29, 0.717) is 0 Å². The summed E-state index contributed by atoms with van der Waals surface area (Å²) in [4.78, 5) is 4.76. The first kappa shape index (κ1) is 8.22.